The molecule has 0 saturated heterocycles. The third-order valence-electron chi connectivity index (χ3n) is 4.91. The van der Waals surface area contributed by atoms with Crippen LogP contribution in [0.1, 0.15) is 6.92 Å². The second kappa shape index (κ2) is 9.62. The molecule has 0 fully saturated rings. The van der Waals surface area contributed by atoms with Gasteiger partial charge < -0.3 is 18.9 Å². The van der Waals surface area contributed by atoms with E-state index in [9.17, 15) is 4.79 Å². The highest BCUT2D eigenvalue weighted by Gasteiger charge is 2.24. The van der Waals surface area contributed by atoms with E-state index in [0.29, 0.717) is 35.6 Å². The predicted octanol–water partition coefficient (Wildman–Crippen LogP) is 4.01. The molecule has 0 radical (unpaired) electrons. The summed E-state index contributed by atoms with van der Waals surface area (Å²) < 4.78 is 13.7. The number of rotatable bonds is 7. The number of amides is 1. The van der Waals surface area contributed by atoms with Gasteiger partial charge in [0, 0.05) is 24.2 Å². The molecule has 0 aliphatic carbocycles. The Morgan fingerprint density at radius 2 is 2.03 bits per heavy atom. The van der Waals surface area contributed by atoms with E-state index in [-0.39, 0.29) is 17.8 Å². The molecule has 1 amide bonds. The zero-order valence-corrected chi connectivity index (χ0v) is 18.9. The van der Waals surface area contributed by atoms with Gasteiger partial charge in [0.25, 0.3) is 0 Å². The summed E-state index contributed by atoms with van der Waals surface area (Å²) in [6.45, 7) is 3.57. The van der Waals surface area contributed by atoms with Crippen LogP contribution >= 0.6 is 23.4 Å². The van der Waals surface area contributed by atoms with Crippen molar-refractivity contribution in [1.82, 2.24) is 19.7 Å². The van der Waals surface area contributed by atoms with Gasteiger partial charge in [-0.3, -0.25) is 4.79 Å². The number of thioether (sulfide) groups is 1. The topological polar surface area (TPSA) is 69.5 Å². The van der Waals surface area contributed by atoms with Gasteiger partial charge in [0.1, 0.15) is 6.61 Å². The monoisotopic (exact) mass is 458 g/mol. The number of ether oxygens (including phenoxy) is 2. The number of hydrogen-bond acceptors (Lipinski definition) is 6. The van der Waals surface area contributed by atoms with Crippen LogP contribution in [0.2, 0.25) is 5.02 Å². The van der Waals surface area contributed by atoms with Crippen molar-refractivity contribution >= 4 is 29.3 Å². The lowest BCUT2D eigenvalue weighted by Crippen LogP contribution is -2.42. The van der Waals surface area contributed by atoms with Crippen molar-refractivity contribution in [1.29, 1.82) is 0 Å². The summed E-state index contributed by atoms with van der Waals surface area (Å²) in [5.41, 5.74) is 0.895. The van der Waals surface area contributed by atoms with Crippen LogP contribution in [0.4, 0.5) is 0 Å². The van der Waals surface area contributed by atoms with Crippen molar-refractivity contribution in [2.75, 3.05) is 26.0 Å². The minimum atomic E-state index is -0.206. The number of carbonyl (C=O) groups excluding carboxylic acids is 1. The zero-order chi connectivity index (χ0) is 21.8. The molecule has 2 heterocycles. The molecular formula is C22H23ClN4O3S. The van der Waals surface area contributed by atoms with Crippen LogP contribution in [0, 0.1) is 0 Å². The van der Waals surface area contributed by atoms with Crippen molar-refractivity contribution in [3.63, 3.8) is 0 Å². The number of hydrogen-bond donors (Lipinski definition) is 0. The van der Waals surface area contributed by atoms with E-state index in [4.69, 9.17) is 21.1 Å². The summed E-state index contributed by atoms with van der Waals surface area (Å²) >= 11 is 7.48. The van der Waals surface area contributed by atoms with Crippen molar-refractivity contribution in [2.24, 2.45) is 0 Å². The summed E-state index contributed by atoms with van der Waals surface area (Å²) in [4.78, 5) is 14.4. The smallest absolute Gasteiger partial charge is 0.232 e. The van der Waals surface area contributed by atoms with Crippen molar-refractivity contribution in [3.8, 4) is 22.9 Å². The second-order valence-electron chi connectivity index (χ2n) is 7.12. The zero-order valence-electron chi connectivity index (χ0n) is 17.3. The van der Waals surface area contributed by atoms with Gasteiger partial charge in [-0.1, -0.05) is 47.6 Å². The Morgan fingerprint density at radius 1 is 1.23 bits per heavy atom. The number of nitrogens with zero attached hydrogens (tertiary/aromatic N) is 4. The maximum absolute atomic E-state index is 12.7. The van der Waals surface area contributed by atoms with E-state index < -0.39 is 0 Å². The Kier molecular flexibility index (Phi) is 6.67. The fraction of sp³-hybridized carbons (Fsp3) is 0.318. The molecule has 31 heavy (non-hydrogen) atoms. The van der Waals surface area contributed by atoms with E-state index in [1.165, 1.54) is 11.8 Å². The van der Waals surface area contributed by atoms with Crippen LogP contribution in [-0.4, -0.2) is 57.6 Å². The number of likely N-dealkylation sites (N-methyl/N-ethyl adjacent to an activating group) is 1. The summed E-state index contributed by atoms with van der Waals surface area (Å²) in [7, 11) is 1.77. The van der Waals surface area contributed by atoms with Gasteiger partial charge >= 0.3 is 0 Å². The first kappa shape index (κ1) is 21.5. The third-order valence-corrected chi connectivity index (χ3v) is 6.10. The van der Waals surface area contributed by atoms with E-state index in [0.717, 1.165) is 17.1 Å². The Labute approximate surface area is 190 Å². The van der Waals surface area contributed by atoms with Gasteiger partial charge in [0.2, 0.25) is 5.91 Å². The van der Waals surface area contributed by atoms with Crippen LogP contribution < -0.4 is 9.47 Å². The van der Waals surface area contributed by atoms with E-state index >= 15 is 0 Å². The Bertz CT molecular complexity index is 1070. The quantitative estimate of drug-likeness (QED) is 0.498. The number of carbonyl (C=O) groups is 1. The van der Waals surface area contributed by atoms with Gasteiger partial charge in [0.15, 0.2) is 28.6 Å². The molecule has 0 saturated carbocycles. The molecule has 7 nitrogen and oxygen atoms in total. The average Bonchev–Trinajstić information content (AvgIpc) is 3.20. The molecule has 0 unspecified atom stereocenters. The SMILES string of the molecule is CCn1c(SCC(=O)N(C)C[C@@H]2COc3ccccc3O2)nnc1-c1cccc(Cl)c1. The van der Waals surface area contributed by atoms with E-state index in [1.54, 1.807) is 11.9 Å². The Hall–Kier alpha value is -2.71. The molecule has 3 aromatic rings. The van der Waals surface area contributed by atoms with E-state index in [2.05, 4.69) is 10.2 Å². The number of fused-ring (bicyclic) bond motifs is 1. The first-order valence-corrected chi connectivity index (χ1v) is 11.4. The lowest BCUT2D eigenvalue weighted by molar-refractivity contribution is -0.128. The first-order chi connectivity index (χ1) is 15.0. The predicted molar refractivity (Wildman–Crippen MR) is 121 cm³/mol. The maximum atomic E-state index is 12.7. The van der Waals surface area contributed by atoms with Gasteiger partial charge in [-0.2, -0.15) is 0 Å². The summed E-state index contributed by atoms with van der Waals surface area (Å²) in [6, 6.07) is 15.1. The number of benzene rings is 2. The molecule has 0 bridgehead atoms. The molecule has 1 atom stereocenters. The standard InChI is InChI=1S/C22H23ClN4O3S/c1-3-27-21(15-7-6-8-16(23)11-15)24-25-22(27)31-14-20(28)26(2)12-17-13-29-18-9-4-5-10-19(18)30-17/h4-11,17H,3,12-14H2,1-2H3/t17-/m1/s1. The normalized spacial score (nSPS) is 15.0. The summed E-state index contributed by atoms with van der Waals surface area (Å²) in [5.74, 6) is 2.42. The number of para-hydroxylation sites is 2. The lowest BCUT2D eigenvalue weighted by Gasteiger charge is -2.29. The highest BCUT2D eigenvalue weighted by atomic mass is 35.5. The Balaban J connectivity index is 1.35. The highest BCUT2D eigenvalue weighted by Crippen LogP contribution is 2.31. The fourth-order valence-electron chi connectivity index (χ4n) is 3.32. The minimum Gasteiger partial charge on any atom is -0.486 e. The molecule has 0 spiro atoms. The number of aromatic nitrogens is 3. The largest absolute Gasteiger partial charge is 0.486 e. The molecule has 1 aliphatic heterocycles. The van der Waals surface area contributed by atoms with Crippen LogP contribution in [-0.2, 0) is 11.3 Å². The van der Waals surface area contributed by atoms with Gasteiger partial charge in [0.05, 0.1) is 12.3 Å². The molecule has 9 heteroatoms. The summed E-state index contributed by atoms with van der Waals surface area (Å²) in [5, 5.41) is 9.93. The van der Waals surface area contributed by atoms with Gasteiger partial charge in [-0.25, -0.2) is 0 Å². The minimum absolute atomic E-state index is 0.0117. The van der Waals surface area contributed by atoms with E-state index in [1.807, 2.05) is 60.0 Å². The van der Waals surface area contributed by atoms with Crippen LogP contribution in [0.25, 0.3) is 11.4 Å². The second-order valence-corrected chi connectivity index (χ2v) is 8.50. The first-order valence-electron chi connectivity index (χ1n) is 9.99. The number of halogens is 1. The summed E-state index contributed by atoms with van der Waals surface area (Å²) in [6.07, 6.45) is -0.206. The molecule has 1 aromatic heterocycles. The van der Waals surface area contributed by atoms with Crippen molar-refractivity contribution in [3.05, 3.63) is 53.6 Å². The average molecular weight is 459 g/mol. The Morgan fingerprint density at radius 3 is 2.81 bits per heavy atom. The molecule has 4 rings (SSSR count). The van der Waals surface area contributed by atoms with Crippen molar-refractivity contribution < 1.29 is 14.3 Å². The molecule has 2 aromatic carbocycles. The van der Waals surface area contributed by atoms with Crippen LogP contribution in [0.15, 0.2) is 53.7 Å². The van der Waals surface area contributed by atoms with Crippen LogP contribution in [0.5, 0.6) is 11.5 Å². The lowest BCUT2D eigenvalue weighted by atomic mass is 10.2. The molecular weight excluding hydrogens is 436 g/mol. The van der Waals surface area contributed by atoms with Crippen LogP contribution in [0.3, 0.4) is 0 Å². The third kappa shape index (κ3) is 4.97. The van der Waals surface area contributed by atoms with Gasteiger partial charge in [-0.15, -0.1) is 10.2 Å². The maximum Gasteiger partial charge on any atom is 0.232 e. The molecule has 1 aliphatic rings. The van der Waals surface area contributed by atoms with Crippen molar-refractivity contribution in [2.45, 2.75) is 24.7 Å². The molecule has 162 valence electrons. The van der Waals surface area contributed by atoms with Gasteiger partial charge in [-0.05, 0) is 31.2 Å². The molecule has 0 N–H and O–H groups in total. The fourth-order valence-corrected chi connectivity index (χ4v) is 4.45. The highest BCUT2D eigenvalue weighted by molar-refractivity contribution is 7.99.